The van der Waals surface area contributed by atoms with Gasteiger partial charge < -0.3 is 9.64 Å². The molecule has 0 radical (unpaired) electrons. The van der Waals surface area contributed by atoms with Crippen molar-refractivity contribution in [1.82, 2.24) is 9.97 Å². The molecule has 0 aliphatic carbocycles. The molecule has 0 saturated carbocycles. The van der Waals surface area contributed by atoms with E-state index >= 15 is 0 Å². The highest BCUT2D eigenvalue weighted by Gasteiger charge is 2.21. The fourth-order valence-corrected chi connectivity index (χ4v) is 1.96. The van der Waals surface area contributed by atoms with Gasteiger partial charge in [0.1, 0.15) is 0 Å². The van der Waals surface area contributed by atoms with E-state index in [2.05, 4.69) is 21.8 Å². The van der Waals surface area contributed by atoms with E-state index in [1.807, 2.05) is 0 Å². The Morgan fingerprint density at radius 3 is 3.12 bits per heavy atom. The first-order chi connectivity index (χ1) is 7.79. The standard InChI is InChI=1S/C11H16ClN3O/c1-2-5-16-11-7-13-6-10(14-11)15-4-3-9(12)8-15/h6-7,9H,2-5,8H2,1H3. The third-order valence-corrected chi connectivity index (χ3v) is 2.86. The Morgan fingerprint density at radius 2 is 2.44 bits per heavy atom. The molecule has 4 nitrogen and oxygen atoms in total. The molecular formula is C11H16ClN3O. The predicted octanol–water partition coefficient (Wildman–Crippen LogP) is 2.08. The highest BCUT2D eigenvalue weighted by atomic mass is 35.5. The molecule has 1 aliphatic heterocycles. The highest BCUT2D eigenvalue weighted by molar-refractivity contribution is 6.21. The Hall–Kier alpha value is -1.03. The molecule has 1 atom stereocenters. The SMILES string of the molecule is CCCOc1cncc(N2CCC(Cl)C2)n1. The minimum Gasteiger partial charge on any atom is -0.477 e. The summed E-state index contributed by atoms with van der Waals surface area (Å²) in [5.41, 5.74) is 0. The smallest absolute Gasteiger partial charge is 0.234 e. The van der Waals surface area contributed by atoms with Crippen molar-refractivity contribution in [3.05, 3.63) is 12.4 Å². The molecule has 2 rings (SSSR count). The zero-order valence-electron chi connectivity index (χ0n) is 9.40. The van der Waals surface area contributed by atoms with Gasteiger partial charge in [0.25, 0.3) is 0 Å². The second-order valence-corrected chi connectivity index (χ2v) is 4.51. The van der Waals surface area contributed by atoms with Gasteiger partial charge in [-0.05, 0) is 12.8 Å². The maximum absolute atomic E-state index is 6.06. The van der Waals surface area contributed by atoms with Crippen molar-refractivity contribution in [2.45, 2.75) is 25.1 Å². The third-order valence-electron chi connectivity index (χ3n) is 2.51. The molecular weight excluding hydrogens is 226 g/mol. The molecule has 88 valence electrons. The van der Waals surface area contributed by atoms with E-state index in [9.17, 15) is 0 Å². The Kier molecular flexibility index (Phi) is 3.83. The van der Waals surface area contributed by atoms with Gasteiger partial charge in [0.05, 0.1) is 24.4 Å². The van der Waals surface area contributed by atoms with Crippen molar-refractivity contribution in [3.8, 4) is 5.88 Å². The summed E-state index contributed by atoms with van der Waals surface area (Å²) in [5, 5.41) is 0.224. The van der Waals surface area contributed by atoms with Crippen molar-refractivity contribution in [2.24, 2.45) is 0 Å². The Labute approximate surface area is 101 Å². The summed E-state index contributed by atoms with van der Waals surface area (Å²) >= 11 is 6.06. The first kappa shape index (κ1) is 11.5. The van der Waals surface area contributed by atoms with Crippen LogP contribution in [0.1, 0.15) is 19.8 Å². The molecule has 0 N–H and O–H groups in total. The van der Waals surface area contributed by atoms with E-state index in [0.717, 1.165) is 31.7 Å². The van der Waals surface area contributed by atoms with E-state index in [1.165, 1.54) is 0 Å². The quantitative estimate of drug-likeness (QED) is 0.757. The average molecular weight is 242 g/mol. The lowest BCUT2D eigenvalue weighted by Gasteiger charge is -2.16. The van der Waals surface area contributed by atoms with E-state index in [4.69, 9.17) is 16.3 Å². The molecule has 0 aromatic carbocycles. The zero-order chi connectivity index (χ0) is 11.4. The van der Waals surface area contributed by atoms with Crippen LogP contribution in [-0.4, -0.2) is 35.0 Å². The van der Waals surface area contributed by atoms with Crippen LogP contribution in [0, 0.1) is 0 Å². The van der Waals surface area contributed by atoms with Gasteiger partial charge in [-0.3, -0.25) is 4.98 Å². The summed E-state index contributed by atoms with van der Waals surface area (Å²) in [6.07, 6.45) is 5.38. The summed E-state index contributed by atoms with van der Waals surface area (Å²) < 4.78 is 5.45. The second kappa shape index (κ2) is 5.34. The number of hydrogen-bond acceptors (Lipinski definition) is 4. The summed E-state index contributed by atoms with van der Waals surface area (Å²) in [7, 11) is 0. The van der Waals surface area contributed by atoms with Crippen molar-refractivity contribution in [1.29, 1.82) is 0 Å². The summed E-state index contributed by atoms with van der Waals surface area (Å²) in [6, 6.07) is 0. The molecule has 1 saturated heterocycles. The van der Waals surface area contributed by atoms with Gasteiger partial charge in [0, 0.05) is 13.1 Å². The van der Waals surface area contributed by atoms with E-state index in [1.54, 1.807) is 12.4 Å². The lowest BCUT2D eigenvalue weighted by atomic mass is 10.4. The van der Waals surface area contributed by atoms with Gasteiger partial charge in [0.15, 0.2) is 5.82 Å². The molecule has 0 amide bonds. The van der Waals surface area contributed by atoms with Crippen LogP contribution in [0.5, 0.6) is 5.88 Å². The Morgan fingerprint density at radius 1 is 1.56 bits per heavy atom. The first-order valence-electron chi connectivity index (χ1n) is 5.63. The maximum Gasteiger partial charge on any atom is 0.234 e. The molecule has 2 heterocycles. The van der Waals surface area contributed by atoms with Gasteiger partial charge in [-0.25, -0.2) is 0 Å². The first-order valence-corrected chi connectivity index (χ1v) is 6.07. The molecule has 0 spiro atoms. The number of aromatic nitrogens is 2. The van der Waals surface area contributed by atoms with Gasteiger partial charge in [-0.1, -0.05) is 6.92 Å². The van der Waals surface area contributed by atoms with Crippen LogP contribution in [0.3, 0.4) is 0 Å². The predicted molar refractivity (Wildman–Crippen MR) is 64.3 cm³/mol. The van der Waals surface area contributed by atoms with Crippen LogP contribution < -0.4 is 9.64 Å². The molecule has 0 bridgehead atoms. The van der Waals surface area contributed by atoms with Gasteiger partial charge in [0.2, 0.25) is 5.88 Å². The lowest BCUT2D eigenvalue weighted by Crippen LogP contribution is -2.21. The second-order valence-electron chi connectivity index (χ2n) is 3.90. The third kappa shape index (κ3) is 2.76. The molecule has 16 heavy (non-hydrogen) atoms. The molecule has 1 aromatic heterocycles. The monoisotopic (exact) mass is 241 g/mol. The number of nitrogens with zero attached hydrogens (tertiary/aromatic N) is 3. The van der Waals surface area contributed by atoms with Crippen LogP contribution in [0.15, 0.2) is 12.4 Å². The Balaban J connectivity index is 2.04. The van der Waals surface area contributed by atoms with Crippen LogP contribution >= 0.6 is 11.6 Å². The highest BCUT2D eigenvalue weighted by Crippen LogP contribution is 2.21. The number of alkyl halides is 1. The van der Waals surface area contributed by atoms with Crippen molar-refractivity contribution < 1.29 is 4.74 Å². The van der Waals surface area contributed by atoms with Crippen molar-refractivity contribution >= 4 is 17.4 Å². The molecule has 1 unspecified atom stereocenters. The summed E-state index contributed by atoms with van der Waals surface area (Å²) in [4.78, 5) is 10.7. The number of anilines is 1. The molecule has 1 fully saturated rings. The van der Waals surface area contributed by atoms with Crippen LogP contribution in [-0.2, 0) is 0 Å². The van der Waals surface area contributed by atoms with Crippen LogP contribution in [0.2, 0.25) is 0 Å². The number of hydrogen-bond donors (Lipinski definition) is 0. The topological polar surface area (TPSA) is 38.2 Å². The molecule has 1 aliphatic rings. The minimum atomic E-state index is 0.224. The Bertz CT molecular complexity index is 348. The van der Waals surface area contributed by atoms with Gasteiger partial charge in [-0.2, -0.15) is 4.98 Å². The van der Waals surface area contributed by atoms with E-state index < -0.39 is 0 Å². The van der Waals surface area contributed by atoms with Gasteiger partial charge >= 0.3 is 0 Å². The minimum absolute atomic E-state index is 0.224. The number of rotatable bonds is 4. The maximum atomic E-state index is 6.06. The molecule has 1 aromatic rings. The summed E-state index contributed by atoms with van der Waals surface area (Å²) in [5.74, 6) is 1.45. The normalized spacial score (nSPS) is 20.1. The van der Waals surface area contributed by atoms with E-state index in [0.29, 0.717) is 12.5 Å². The number of ether oxygens (including phenoxy) is 1. The fourth-order valence-electron chi connectivity index (χ4n) is 1.69. The van der Waals surface area contributed by atoms with Crippen LogP contribution in [0.4, 0.5) is 5.82 Å². The van der Waals surface area contributed by atoms with Crippen LogP contribution in [0.25, 0.3) is 0 Å². The average Bonchev–Trinajstić information content (AvgIpc) is 2.74. The largest absolute Gasteiger partial charge is 0.477 e. The molecule has 5 heteroatoms. The zero-order valence-corrected chi connectivity index (χ0v) is 10.2. The summed E-state index contributed by atoms with van der Waals surface area (Å²) in [6.45, 7) is 4.53. The fraction of sp³-hybridized carbons (Fsp3) is 0.636. The van der Waals surface area contributed by atoms with Gasteiger partial charge in [-0.15, -0.1) is 11.6 Å². The van der Waals surface area contributed by atoms with Crippen molar-refractivity contribution in [3.63, 3.8) is 0 Å². The van der Waals surface area contributed by atoms with Crippen molar-refractivity contribution in [2.75, 3.05) is 24.6 Å². The lowest BCUT2D eigenvalue weighted by molar-refractivity contribution is 0.304. The van der Waals surface area contributed by atoms with E-state index in [-0.39, 0.29) is 5.38 Å². The number of halogens is 1.